The minimum atomic E-state index is -0.0834. The fourth-order valence-corrected chi connectivity index (χ4v) is 6.75. The third-order valence-electron chi connectivity index (χ3n) is 7.84. The average Bonchev–Trinajstić information content (AvgIpc) is 3.44. The molecule has 6 heteroatoms. The highest BCUT2D eigenvalue weighted by Gasteiger charge is 2.22. The number of hydrogen-bond donors (Lipinski definition) is 2. The van der Waals surface area contributed by atoms with Crippen LogP contribution >= 0.6 is 11.3 Å². The summed E-state index contributed by atoms with van der Waals surface area (Å²) in [5, 5.41) is 22.9. The van der Waals surface area contributed by atoms with Crippen LogP contribution in [0.25, 0.3) is 31.3 Å². The van der Waals surface area contributed by atoms with Gasteiger partial charge >= 0.3 is 0 Å². The molecular weight excluding hydrogens is 566 g/mol. The van der Waals surface area contributed by atoms with Crippen molar-refractivity contribution >= 4 is 38.0 Å². The van der Waals surface area contributed by atoms with Gasteiger partial charge in [0.15, 0.2) is 5.78 Å². The second kappa shape index (κ2) is 13.8. The van der Waals surface area contributed by atoms with Crippen LogP contribution in [-0.2, 0) is 0 Å². The van der Waals surface area contributed by atoms with E-state index in [1.54, 1.807) is 42.5 Å². The third-order valence-corrected chi connectivity index (χ3v) is 9.04. The average molecular weight is 601 g/mol. The summed E-state index contributed by atoms with van der Waals surface area (Å²) < 4.78 is 6.76. The lowest BCUT2D eigenvalue weighted by Gasteiger charge is -2.26. The van der Waals surface area contributed by atoms with E-state index in [-0.39, 0.29) is 17.3 Å². The van der Waals surface area contributed by atoms with Crippen molar-refractivity contribution in [2.24, 2.45) is 0 Å². The van der Waals surface area contributed by atoms with Crippen LogP contribution in [0.15, 0.2) is 109 Å². The van der Waals surface area contributed by atoms with Crippen LogP contribution in [-0.4, -0.2) is 47.1 Å². The van der Waals surface area contributed by atoms with E-state index in [0.29, 0.717) is 17.7 Å². The SMILES string of the molecule is O=C(c1ccc(OCCN2CCCCC2)cc1)c1c(-c2ccc(O)cc2)sc2cc(O)ccc12.[c]1cccc2ccccc12. The van der Waals surface area contributed by atoms with Crippen LogP contribution in [0.2, 0.25) is 0 Å². The summed E-state index contributed by atoms with van der Waals surface area (Å²) in [7, 11) is 0. The standard InChI is InChI=1S/C28H27NO4S.C10H7/c30-21-8-4-20(5-9-21)28-26(24-13-10-22(31)18-25(24)34-28)27(32)19-6-11-23(12-7-19)33-17-16-29-14-2-1-3-15-29;1-2-6-10-8-4-3-7-9(10)5-1/h4-13,18,30-31H,1-3,14-17H2;1-7H. The van der Waals surface area contributed by atoms with Gasteiger partial charge in [-0.25, -0.2) is 0 Å². The summed E-state index contributed by atoms with van der Waals surface area (Å²) in [6, 6.07) is 36.6. The van der Waals surface area contributed by atoms with E-state index < -0.39 is 0 Å². The molecule has 0 saturated carbocycles. The second-order valence-electron chi connectivity index (χ2n) is 10.9. The van der Waals surface area contributed by atoms with Crippen molar-refractivity contribution in [3.63, 3.8) is 0 Å². The van der Waals surface area contributed by atoms with Gasteiger partial charge in [-0.3, -0.25) is 9.69 Å². The number of benzene rings is 5. The Balaban J connectivity index is 0.000000289. The number of hydrogen-bond acceptors (Lipinski definition) is 6. The zero-order valence-electron chi connectivity index (χ0n) is 24.4. The van der Waals surface area contributed by atoms with Gasteiger partial charge in [0.25, 0.3) is 0 Å². The molecule has 1 saturated heterocycles. The summed E-state index contributed by atoms with van der Waals surface area (Å²) in [5.41, 5.74) is 2.03. The maximum absolute atomic E-state index is 13.6. The van der Waals surface area contributed by atoms with Crippen LogP contribution in [0.3, 0.4) is 0 Å². The largest absolute Gasteiger partial charge is 0.508 e. The molecule has 5 nitrogen and oxygen atoms in total. The predicted molar refractivity (Wildman–Crippen MR) is 179 cm³/mol. The number of nitrogens with zero attached hydrogens (tertiary/aromatic N) is 1. The maximum atomic E-state index is 13.6. The molecule has 1 aromatic heterocycles. The van der Waals surface area contributed by atoms with Gasteiger partial charge in [0.2, 0.25) is 0 Å². The molecule has 2 N–H and O–H groups in total. The number of thiophene rings is 1. The highest BCUT2D eigenvalue weighted by Crippen LogP contribution is 2.41. The van der Waals surface area contributed by atoms with Gasteiger partial charge < -0.3 is 14.9 Å². The highest BCUT2D eigenvalue weighted by atomic mass is 32.1. The molecule has 0 atom stereocenters. The smallest absolute Gasteiger partial charge is 0.195 e. The minimum absolute atomic E-state index is 0.0834. The number of carbonyl (C=O) groups excluding carboxylic acids is 1. The van der Waals surface area contributed by atoms with E-state index >= 15 is 0 Å². The lowest BCUT2D eigenvalue weighted by Crippen LogP contribution is -2.33. The Labute approximate surface area is 261 Å². The molecule has 0 unspecified atom stereocenters. The Morgan fingerprint density at radius 1 is 0.818 bits per heavy atom. The number of ketones is 1. The van der Waals surface area contributed by atoms with Crippen LogP contribution in [0.5, 0.6) is 17.2 Å². The molecule has 44 heavy (non-hydrogen) atoms. The Morgan fingerprint density at radius 3 is 2.32 bits per heavy atom. The Bertz CT molecular complexity index is 1790. The molecular formula is C38H34NO4S. The van der Waals surface area contributed by atoms with Crippen molar-refractivity contribution in [2.75, 3.05) is 26.2 Å². The second-order valence-corrected chi connectivity index (χ2v) is 11.9. The molecule has 221 valence electrons. The van der Waals surface area contributed by atoms with E-state index in [0.717, 1.165) is 45.9 Å². The van der Waals surface area contributed by atoms with Crippen molar-refractivity contribution < 1.29 is 19.7 Å². The van der Waals surface area contributed by atoms with Crippen LogP contribution < -0.4 is 4.74 Å². The summed E-state index contributed by atoms with van der Waals surface area (Å²) in [5.74, 6) is 1.01. The first kappa shape index (κ1) is 29.4. The monoisotopic (exact) mass is 600 g/mol. The molecule has 0 amide bonds. The van der Waals surface area contributed by atoms with E-state index in [4.69, 9.17) is 4.74 Å². The van der Waals surface area contributed by atoms with Crippen molar-refractivity contribution in [3.05, 3.63) is 126 Å². The van der Waals surface area contributed by atoms with Gasteiger partial charge in [-0.05, 0) is 115 Å². The summed E-state index contributed by atoms with van der Waals surface area (Å²) in [4.78, 5) is 16.9. The zero-order valence-corrected chi connectivity index (χ0v) is 25.2. The van der Waals surface area contributed by atoms with Gasteiger partial charge in [0, 0.05) is 32.6 Å². The summed E-state index contributed by atoms with van der Waals surface area (Å²) in [6.07, 6.45) is 3.85. The number of carbonyl (C=O) groups is 1. The quantitative estimate of drug-likeness (QED) is 0.179. The molecule has 0 spiro atoms. The first-order valence-electron chi connectivity index (χ1n) is 15.0. The van der Waals surface area contributed by atoms with Gasteiger partial charge in [0.1, 0.15) is 23.9 Å². The fraction of sp³-hybridized carbons (Fsp3) is 0.184. The number of piperidine rings is 1. The van der Waals surface area contributed by atoms with E-state index in [1.165, 1.54) is 41.4 Å². The first-order chi connectivity index (χ1) is 21.5. The number of ether oxygens (including phenoxy) is 1. The van der Waals surface area contributed by atoms with Crippen LogP contribution in [0.4, 0.5) is 0 Å². The zero-order chi connectivity index (χ0) is 30.3. The Morgan fingerprint density at radius 2 is 1.55 bits per heavy atom. The van der Waals surface area contributed by atoms with Gasteiger partial charge in [-0.15, -0.1) is 11.3 Å². The molecule has 1 aliphatic rings. The lowest BCUT2D eigenvalue weighted by atomic mass is 9.97. The van der Waals surface area contributed by atoms with Gasteiger partial charge in [-0.1, -0.05) is 48.9 Å². The molecule has 0 aliphatic carbocycles. The number of likely N-dealkylation sites (tertiary alicyclic amines) is 1. The first-order valence-corrected chi connectivity index (χ1v) is 15.8. The van der Waals surface area contributed by atoms with Crippen molar-refractivity contribution in [3.8, 4) is 27.7 Å². The number of fused-ring (bicyclic) bond motifs is 2. The number of aromatic hydroxyl groups is 2. The Hall–Kier alpha value is -4.65. The van der Waals surface area contributed by atoms with Crippen molar-refractivity contribution in [1.82, 2.24) is 4.90 Å². The fourth-order valence-electron chi connectivity index (χ4n) is 5.51. The molecule has 1 radical (unpaired) electrons. The molecule has 6 aromatic rings. The number of phenolic OH excluding ortho intramolecular Hbond substituents is 2. The van der Waals surface area contributed by atoms with Crippen molar-refractivity contribution in [1.29, 1.82) is 0 Å². The molecule has 2 heterocycles. The summed E-state index contributed by atoms with van der Waals surface area (Å²) in [6.45, 7) is 3.85. The predicted octanol–water partition coefficient (Wildman–Crippen LogP) is 8.72. The molecule has 1 aliphatic heterocycles. The van der Waals surface area contributed by atoms with E-state index in [1.807, 2.05) is 48.5 Å². The number of rotatable bonds is 7. The van der Waals surface area contributed by atoms with Crippen molar-refractivity contribution in [2.45, 2.75) is 19.3 Å². The molecule has 5 aromatic carbocycles. The normalized spacial score (nSPS) is 13.4. The Kier molecular flexibility index (Phi) is 9.20. The summed E-state index contributed by atoms with van der Waals surface area (Å²) >= 11 is 1.46. The van der Waals surface area contributed by atoms with Crippen LogP contribution in [0, 0.1) is 6.07 Å². The maximum Gasteiger partial charge on any atom is 0.195 e. The third kappa shape index (κ3) is 6.94. The number of phenols is 2. The van der Waals surface area contributed by atoms with Crippen LogP contribution in [0.1, 0.15) is 35.2 Å². The molecule has 7 rings (SSSR count). The molecule has 0 bridgehead atoms. The minimum Gasteiger partial charge on any atom is -0.508 e. The topological polar surface area (TPSA) is 70.0 Å². The van der Waals surface area contributed by atoms with Gasteiger partial charge in [-0.2, -0.15) is 0 Å². The highest BCUT2D eigenvalue weighted by molar-refractivity contribution is 7.22. The van der Waals surface area contributed by atoms with E-state index in [9.17, 15) is 15.0 Å². The van der Waals surface area contributed by atoms with Gasteiger partial charge in [0.05, 0.1) is 0 Å². The van der Waals surface area contributed by atoms with E-state index in [2.05, 4.69) is 29.2 Å². The molecule has 1 fully saturated rings. The lowest BCUT2D eigenvalue weighted by molar-refractivity contribution is 0.104.